The number of hydrogen-bond donors (Lipinski definition) is 0. The third-order valence-electron chi connectivity index (χ3n) is 3.08. The summed E-state index contributed by atoms with van der Waals surface area (Å²) in [5, 5.41) is 3.22. The van der Waals surface area contributed by atoms with Crippen molar-refractivity contribution in [2.75, 3.05) is 11.1 Å². The lowest BCUT2D eigenvalue weighted by Crippen LogP contribution is -2.15. The highest BCUT2D eigenvalue weighted by Crippen LogP contribution is 2.28. The first-order valence-corrected chi connectivity index (χ1v) is 9.32. The molecule has 11 heteroatoms. The summed E-state index contributed by atoms with van der Waals surface area (Å²) in [6.45, 7) is 1.39. The number of ketones is 1. The molecule has 0 aliphatic rings. The molecule has 0 spiro atoms. The zero-order valence-electron chi connectivity index (χ0n) is 12.2. The number of Topliss-reactive ketones (excluding diaryl/α,β-unsaturated/α-hetero) is 1. The van der Waals surface area contributed by atoms with E-state index in [4.69, 9.17) is 0 Å². The second kappa shape index (κ2) is 6.63. The number of pyridine rings is 1. The van der Waals surface area contributed by atoms with E-state index < -0.39 is 27.5 Å². The average molecular weight is 426 g/mol. The summed E-state index contributed by atoms with van der Waals surface area (Å²) in [7, 11) is -3.80. The SMILES string of the molecule is CCS(=O)(=O)c1cc(-n2ccc(C(F)(F)F)n2)cnc1C(=O)CBr. The smallest absolute Gasteiger partial charge is 0.291 e. The molecule has 0 atom stereocenters. The average Bonchev–Trinajstić information content (AvgIpc) is 3.03. The van der Waals surface area contributed by atoms with E-state index in [1.165, 1.54) is 6.92 Å². The van der Waals surface area contributed by atoms with Crippen molar-refractivity contribution in [2.24, 2.45) is 0 Å². The van der Waals surface area contributed by atoms with E-state index in [0.29, 0.717) is 0 Å². The molecule has 0 bridgehead atoms. The highest BCUT2D eigenvalue weighted by Gasteiger charge is 2.34. The first kappa shape index (κ1) is 18.6. The van der Waals surface area contributed by atoms with Crippen LogP contribution in [0.3, 0.4) is 0 Å². The van der Waals surface area contributed by atoms with Crippen LogP contribution in [0, 0.1) is 0 Å². The molecule has 2 aromatic rings. The van der Waals surface area contributed by atoms with Gasteiger partial charge in [0.05, 0.1) is 27.9 Å². The molecule has 130 valence electrons. The van der Waals surface area contributed by atoms with Crippen molar-refractivity contribution in [2.45, 2.75) is 18.0 Å². The second-order valence-electron chi connectivity index (χ2n) is 4.64. The zero-order chi connectivity index (χ0) is 18.1. The second-order valence-corrected chi connectivity index (χ2v) is 7.45. The van der Waals surface area contributed by atoms with Crippen molar-refractivity contribution in [1.82, 2.24) is 14.8 Å². The fourth-order valence-corrected chi connectivity index (χ4v) is 3.18. The maximum atomic E-state index is 12.6. The van der Waals surface area contributed by atoms with Gasteiger partial charge >= 0.3 is 6.18 Å². The van der Waals surface area contributed by atoms with Crippen LogP contribution in [0.25, 0.3) is 5.69 Å². The molecular weight excluding hydrogens is 415 g/mol. The molecule has 0 fully saturated rings. The molecule has 0 unspecified atom stereocenters. The number of nitrogens with zero attached hydrogens (tertiary/aromatic N) is 3. The molecule has 0 N–H and O–H groups in total. The number of sulfone groups is 1. The Morgan fingerprint density at radius 2 is 2.04 bits per heavy atom. The first-order chi connectivity index (χ1) is 11.1. The Bertz CT molecular complexity index is 878. The van der Waals surface area contributed by atoms with E-state index >= 15 is 0 Å². The van der Waals surface area contributed by atoms with Crippen molar-refractivity contribution >= 4 is 31.6 Å². The van der Waals surface area contributed by atoms with Crippen LogP contribution in [-0.2, 0) is 16.0 Å². The van der Waals surface area contributed by atoms with E-state index in [9.17, 15) is 26.4 Å². The number of halogens is 4. The lowest BCUT2D eigenvalue weighted by atomic mass is 10.2. The van der Waals surface area contributed by atoms with E-state index in [2.05, 4.69) is 26.0 Å². The van der Waals surface area contributed by atoms with Gasteiger partial charge in [0.1, 0.15) is 5.69 Å². The predicted octanol–water partition coefficient (Wildman–Crippen LogP) is 2.66. The van der Waals surface area contributed by atoms with Gasteiger partial charge in [-0.25, -0.2) is 18.1 Å². The van der Waals surface area contributed by atoms with Gasteiger partial charge in [0, 0.05) is 6.20 Å². The molecule has 24 heavy (non-hydrogen) atoms. The summed E-state index contributed by atoms with van der Waals surface area (Å²) in [5.74, 6) is -0.835. The van der Waals surface area contributed by atoms with Gasteiger partial charge in [-0.05, 0) is 12.1 Å². The van der Waals surface area contributed by atoms with Crippen LogP contribution in [0.5, 0.6) is 0 Å². The summed E-state index contributed by atoms with van der Waals surface area (Å²) < 4.78 is 63.1. The molecule has 0 radical (unpaired) electrons. The van der Waals surface area contributed by atoms with Gasteiger partial charge in [-0.3, -0.25) is 4.79 Å². The fraction of sp³-hybridized carbons (Fsp3) is 0.308. The first-order valence-electron chi connectivity index (χ1n) is 6.55. The minimum Gasteiger partial charge on any atom is -0.291 e. The predicted molar refractivity (Wildman–Crippen MR) is 82.2 cm³/mol. The Balaban J connectivity index is 2.60. The zero-order valence-corrected chi connectivity index (χ0v) is 14.6. The summed E-state index contributed by atoms with van der Waals surface area (Å²) in [4.78, 5) is 15.3. The van der Waals surface area contributed by atoms with Crippen molar-refractivity contribution in [3.8, 4) is 5.69 Å². The minimum absolute atomic E-state index is 0.00338. The number of aromatic nitrogens is 3. The molecular formula is C13H11BrF3N3O3S. The molecule has 0 aliphatic heterocycles. The molecule has 2 rings (SSSR count). The van der Waals surface area contributed by atoms with E-state index in [1.54, 1.807) is 0 Å². The maximum absolute atomic E-state index is 12.6. The number of carbonyl (C=O) groups excluding carboxylic acids is 1. The van der Waals surface area contributed by atoms with Crippen LogP contribution in [0.2, 0.25) is 0 Å². The highest BCUT2D eigenvalue weighted by molar-refractivity contribution is 9.09. The lowest BCUT2D eigenvalue weighted by Gasteiger charge is -2.09. The summed E-state index contributed by atoms with van der Waals surface area (Å²) in [5.41, 5.74) is -1.38. The minimum atomic E-state index is -4.62. The molecule has 2 aromatic heterocycles. The normalized spacial score (nSPS) is 12.4. The number of hydrogen-bond acceptors (Lipinski definition) is 5. The molecule has 0 amide bonds. The van der Waals surface area contributed by atoms with Gasteiger partial charge in [0.15, 0.2) is 21.3 Å². The van der Waals surface area contributed by atoms with Crippen LogP contribution in [0.1, 0.15) is 23.1 Å². The van der Waals surface area contributed by atoms with E-state index in [-0.39, 0.29) is 27.4 Å². The highest BCUT2D eigenvalue weighted by atomic mass is 79.9. The lowest BCUT2D eigenvalue weighted by molar-refractivity contribution is -0.141. The van der Waals surface area contributed by atoms with E-state index in [0.717, 1.165) is 29.2 Å². The maximum Gasteiger partial charge on any atom is 0.435 e. The van der Waals surface area contributed by atoms with Crippen LogP contribution in [0.15, 0.2) is 29.4 Å². The Kier molecular flexibility index (Phi) is 5.14. The standard InChI is InChI=1S/C13H11BrF3N3O3S/c1-2-24(22,23)10-5-8(7-18-12(10)9(21)6-14)20-4-3-11(19-20)13(15,16)17/h3-5,7H,2,6H2,1H3. The van der Waals surface area contributed by atoms with E-state index in [1.807, 2.05) is 0 Å². The van der Waals surface area contributed by atoms with Crippen LogP contribution >= 0.6 is 15.9 Å². The third-order valence-corrected chi connectivity index (χ3v) is 5.33. The van der Waals surface area contributed by atoms with Gasteiger partial charge in [-0.2, -0.15) is 18.3 Å². The number of rotatable bonds is 5. The van der Waals surface area contributed by atoms with Gasteiger partial charge in [0.25, 0.3) is 0 Å². The Labute approximate surface area is 143 Å². The molecule has 0 aliphatic carbocycles. The van der Waals surface area contributed by atoms with Gasteiger partial charge in [0.2, 0.25) is 0 Å². The Hall–Kier alpha value is -1.75. The van der Waals surface area contributed by atoms with Crippen molar-refractivity contribution < 1.29 is 26.4 Å². The molecule has 2 heterocycles. The summed E-state index contributed by atoms with van der Waals surface area (Å²) in [6.07, 6.45) is -2.49. The van der Waals surface area contributed by atoms with Crippen LogP contribution in [0.4, 0.5) is 13.2 Å². The van der Waals surface area contributed by atoms with Crippen molar-refractivity contribution in [3.63, 3.8) is 0 Å². The third kappa shape index (κ3) is 3.66. The van der Waals surface area contributed by atoms with Gasteiger partial charge in [-0.1, -0.05) is 22.9 Å². The largest absolute Gasteiger partial charge is 0.435 e. The number of carbonyl (C=O) groups is 1. The van der Waals surface area contributed by atoms with Gasteiger partial charge < -0.3 is 0 Å². The van der Waals surface area contributed by atoms with Crippen molar-refractivity contribution in [1.29, 1.82) is 0 Å². The summed E-state index contributed by atoms with van der Waals surface area (Å²) >= 11 is 2.94. The van der Waals surface area contributed by atoms with Crippen molar-refractivity contribution in [3.05, 3.63) is 35.9 Å². The number of alkyl halides is 4. The fourth-order valence-electron chi connectivity index (χ4n) is 1.84. The Morgan fingerprint density at radius 1 is 1.38 bits per heavy atom. The quantitative estimate of drug-likeness (QED) is 0.543. The topological polar surface area (TPSA) is 81.9 Å². The van der Waals surface area contributed by atoms with Gasteiger partial charge in [-0.15, -0.1) is 0 Å². The molecule has 0 saturated carbocycles. The summed E-state index contributed by atoms with van der Waals surface area (Å²) in [6, 6.07) is 1.85. The molecule has 6 nitrogen and oxygen atoms in total. The molecule has 0 aromatic carbocycles. The monoisotopic (exact) mass is 425 g/mol. The van der Waals surface area contributed by atoms with Crippen LogP contribution in [-0.4, -0.2) is 40.0 Å². The molecule has 0 saturated heterocycles. The van der Waals surface area contributed by atoms with Crippen LogP contribution < -0.4 is 0 Å². The Morgan fingerprint density at radius 3 is 2.54 bits per heavy atom.